The van der Waals surface area contributed by atoms with Gasteiger partial charge in [0.25, 0.3) is 0 Å². The summed E-state index contributed by atoms with van der Waals surface area (Å²) in [5.41, 5.74) is 0. The van der Waals surface area contributed by atoms with Crippen LogP contribution in [0.25, 0.3) is 0 Å². The average Bonchev–Trinajstić information content (AvgIpc) is 2.36. The summed E-state index contributed by atoms with van der Waals surface area (Å²) in [5.74, 6) is 0.653. The van der Waals surface area contributed by atoms with Crippen molar-refractivity contribution >= 4 is 8.80 Å². The molecule has 0 spiro atoms. The van der Waals surface area contributed by atoms with E-state index in [9.17, 15) is 0 Å². The molecule has 1 rings (SSSR count). The molecule has 1 saturated heterocycles. The van der Waals surface area contributed by atoms with Gasteiger partial charge in [-0.05, 0) is 31.8 Å². The van der Waals surface area contributed by atoms with Gasteiger partial charge in [-0.25, -0.2) is 0 Å². The normalized spacial score (nSPS) is 23.6. The van der Waals surface area contributed by atoms with E-state index in [1.165, 1.54) is 19.4 Å². The lowest BCUT2D eigenvalue weighted by Gasteiger charge is -2.35. The number of rotatable bonds is 6. The molecule has 0 aromatic rings. The van der Waals surface area contributed by atoms with E-state index in [-0.39, 0.29) is 0 Å². The van der Waals surface area contributed by atoms with Gasteiger partial charge in [-0.15, -0.1) is 0 Å². The van der Waals surface area contributed by atoms with Gasteiger partial charge in [-0.3, -0.25) is 0 Å². The van der Waals surface area contributed by atoms with Crippen LogP contribution in [0.4, 0.5) is 0 Å². The van der Waals surface area contributed by atoms with Crippen LogP contribution >= 0.6 is 0 Å². The zero-order valence-electron chi connectivity index (χ0n) is 11.0. The molecule has 0 aliphatic carbocycles. The van der Waals surface area contributed by atoms with Crippen molar-refractivity contribution in [1.29, 1.82) is 0 Å². The van der Waals surface area contributed by atoms with Crippen LogP contribution in [0.15, 0.2) is 0 Å². The van der Waals surface area contributed by atoms with E-state index in [0.29, 0.717) is 5.92 Å². The Morgan fingerprint density at radius 1 is 1.19 bits per heavy atom. The van der Waals surface area contributed by atoms with Gasteiger partial charge in [0.1, 0.15) is 0 Å². The summed E-state index contributed by atoms with van der Waals surface area (Å²) < 4.78 is 16.5. The molecule has 1 aliphatic rings. The summed E-state index contributed by atoms with van der Waals surface area (Å²) in [5, 5.41) is 0. The minimum atomic E-state index is -2.37. The quantitative estimate of drug-likeness (QED) is 0.667. The van der Waals surface area contributed by atoms with Gasteiger partial charge in [0.05, 0.1) is 0 Å². The van der Waals surface area contributed by atoms with Gasteiger partial charge in [0, 0.05) is 33.9 Å². The highest BCUT2D eigenvalue weighted by Crippen LogP contribution is 2.26. The second-order valence-electron chi connectivity index (χ2n) is 4.40. The maximum atomic E-state index is 5.48. The van der Waals surface area contributed by atoms with E-state index in [1.807, 2.05) is 0 Å². The Labute approximate surface area is 100 Å². The molecule has 1 atom stereocenters. The summed E-state index contributed by atoms with van der Waals surface area (Å²) in [6.45, 7) is 5.74. The average molecular weight is 247 g/mol. The summed E-state index contributed by atoms with van der Waals surface area (Å²) in [7, 11) is 2.71. The summed E-state index contributed by atoms with van der Waals surface area (Å²) >= 11 is 0. The maximum absolute atomic E-state index is 5.48. The fourth-order valence-electron chi connectivity index (χ4n) is 2.46. The number of piperidine rings is 1. The highest BCUT2D eigenvalue weighted by Gasteiger charge is 2.41. The van der Waals surface area contributed by atoms with E-state index >= 15 is 0 Å². The van der Waals surface area contributed by atoms with Gasteiger partial charge in [0.2, 0.25) is 0 Å². The lowest BCUT2D eigenvalue weighted by Crippen LogP contribution is -2.47. The first-order valence-electron chi connectivity index (χ1n) is 6.07. The number of hydrogen-bond acceptors (Lipinski definition) is 4. The third kappa shape index (κ3) is 3.53. The molecule has 16 heavy (non-hydrogen) atoms. The SMILES string of the molecule is CCN1CCCC(C[Si](OC)(OC)OC)C1. The van der Waals surface area contributed by atoms with E-state index in [2.05, 4.69) is 11.8 Å². The molecular weight excluding hydrogens is 222 g/mol. The highest BCUT2D eigenvalue weighted by molar-refractivity contribution is 6.60. The zero-order valence-corrected chi connectivity index (χ0v) is 12.0. The second-order valence-corrected chi connectivity index (χ2v) is 7.40. The van der Waals surface area contributed by atoms with Crippen LogP contribution in [0, 0.1) is 5.92 Å². The number of hydrogen-bond donors (Lipinski definition) is 0. The lowest BCUT2D eigenvalue weighted by atomic mass is 10.0. The van der Waals surface area contributed by atoms with Gasteiger partial charge >= 0.3 is 8.80 Å². The van der Waals surface area contributed by atoms with E-state index in [4.69, 9.17) is 13.3 Å². The molecule has 0 saturated carbocycles. The first-order valence-corrected chi connectivity index (χ1v) is 8.00. The third-order valence-electron chi connectivity index (χ3n) is 3.52. The van der Waals surface area contributed by atoms with E-state index < -0.39 is 8.80 Å². The van der Waals surface area contributed by atoms with Crippen LogP contribution in [-0.2, 0) is 13.3 Å². The van der Waals surface area contributed by atoms with Crippen molar-refractivity contribution in [3.05, 3.63) is 0 Å². The first-order chi connectivity index (χ1) is 7.69. The Morgan fingerprint density at radius 3 is 2.31 bits per heavy atom. The molecule has 96 valence electrons. The van der Waals surface area contributed by atoms with Crippen LogP contribution in [0.5, 0.6) is 0 Å². The monoisotopic (exact) mass is 247 g/mol. The molecule has 4 nitrogen and oxygen atoms in total. The molecule has 0 aromatic carbocycles. The second kappa shape index (κ2) is 6.71. The van der Waals surface area contributed by atoms with Gasteiger partial charge in [0.15, 0.2) is 0 Å². The van der Waals surface area contributed by atoms with Crippen LogP contribution in [0.3, 0.4) is 0 Å². The Hall–Kier alpha value is 0.0569. The minimum absolute atomic E-state index is 0.653. The third-order valence-corrected chi connectivity index (χ3v) is 6.47. The molecule has 0 N–H and O–H groups in total. The van der Waals surface area contributed by atoms with Gasteiger partial charge in [-0.2, -0.15) is 0 Å². The Balaban J connectivity index is 2.50. The maximum Gasteiger partial charge on any atom is 0.500 e. The standard InChI is InChI=1S/C11H25NO3Si/c1-5-12-8-6-7-11(9-12)10-16(13-2,14-3)15-4/h11H,5-10H2,1-4H3. The number of nitrogens with zero attached hydrogens (tertiary/aromatic N) is 1. The first kappa shape index (κ1) is 14.1. The summed E-state index contributed by atoms with van der Waals surface area (Å²) in [6.07, 6.45) is 2.54. The molecule has 5 heteroatoms. The summed E-state index contributed by atoms with van der Waals surface area (Å²) in [4.78, 5) is 2.49. The Morgan fingerprint density at radius 2 is 1.81 bits per heavy atom. The van der Waals surface area contributed by atoms with Crippen molar-refractivity contribution in [3.63, 3.8) is 0 Å². The molecule has 1 heterocycles. The van der Waals surface area contributed by atoms with Crippen molar-refractivity contribution in [2.75, 3.05) is 41.0 Å². The van der Waals surface area contributed by atoms with Crippen molar-refractivity contribution in [2.24, 2.45) is 5.92 Å². The van der Waals surface area contributed by atoms with Crippen molar-refractivity contribution < 1.29 is 13.3 Å². The van der Waals surface area contributed by atoms with Gasteiger partial charge in [-0.1, -0.05) is 6.92 Å². The summed E-state index contributed by atoms with van der Waals surface area (Å²) in [6, 6.07) is 0.938. The fraction of sp³-hybridized carbons (Fsp3) is 1.00. The lowest BCUT2D eigenvalue weighted by molar-refractivity contribution is 0.106. The topological polar surface area (TPSA) is 30.9 Å². The molecule has 1 unspecified atom stereocenters. The largest absolute Gasteiger partial charge is 0.500 e. The highest BCUT2D eigenvalue weighted by atomic mass is 28.4. The van der Waals surface area contributed by atoms with Crippen LogP contribution in [0.1, 0.15) is 19.8 Å². The molecule has 1 fully saturated rings. The van der Waals surface area contributed by atoms with Crippen LogP contribution in [0.2, 0.25) is 6.04 Å². The van der Waals surface area contributed by atoms with Crippen molar-refractivity contribution in [2.45, 2.75) is 25.8 Å². The van der Waals surface area contributed by atoms with E-state index in [0.717, 1.165) is 19.1 Å². The molecule has 0 amide bonds. The van der Waals surface area contributed by atoms with E-state index in [1.54, 1.807) is 21.3 Å². The number of likely N-dealkylation sites (tertiary alicyclic amines) is 1. The van der Waals surface area contributed by atoms with Crippen LogP contribution < -0.4 is 0 Å². The predicted molar refractivity (Wildman–Crippen MR) is 66.4 cm³/mol. The Kier molecular flexibility index (Phi) is 5.92. The molecule has 0 bridgehead atoms. The Bertz CT molecular complexity index is 191. The molecule has 0 radical (unpaired) electrons. The smallest absolute Gasteiger partial charge is 0.377 e. The zero-order chi connectivity index (χ0) is 12.0. The molecule has 1 aliphatic heterocycles. The van der Waals surface area contributed by atoms with Crippen molar-refractivity contribution in [1.82, 2.24) is 4.90 Å². The van der Waals surface area contributed by atoms with Gasteiger partial charge < -0.3 is 18.2 Å². The fourth-order valence-corrected chi connectivity index (χ4v) is 4.50. The predicted octanol–water partition coefficient (Wildman–Crippen LogP) is 1.60. The molecular formula is C11H25NO3Si. The van der Waals surface area contributed by atoms with Crippen molar-refractivity contribution in [3.8, 4) is 0 Å². The molecule has 0 aromatic heterocycles. The van der Waals surface area contributed by atoms with Crippen LogP contribution in [-0.4, -0.2) is 54.7 Å². The minimum Gasteiger partial charge on any atom is -0.377 e.